The van der Waals surface area contributed by atoms with E-state index < -0.39 is 0 Å². The van der Waals surface area contributed by atoms with Gasteiger partial charge in [-0.25, -0.2) is 0 Å². The molecule has 4 heteroatoms. The van der Waals surface area contributed by atoms with Gasteiger partial charge in [-0.05, 0) is 25.7 Å². The minimum atomic E-state index is -0.0946. The maximum Gasteiger partial charge on any atom is 0.227 e. The normalized spacial score (nSPS) is 17.2. The topological polar surface area (TPSA) is 59.2 Å². The number of carbonyl (C=O) groups is 1. The molecule has 0 fully saturated rings. The fourth-order valence-corrected chi connectivity index (χ4v) is 3.61. The van der Waals surface area contributed by atoms with Crippen molar-refractivity contribution in [3.63, 3.8) is 0 Å². The minimum absolute atomic E-state index is 0.0575. The molecule has 0 radical (unpaired) electrons. The van der Waals surface area contributed by atoms with Crippen LogP contribution >= 0.6 is 0 Å². The Balaban J connectivity index is 2.12. The second-order valence-electron chi connectivity index (χ2n) is 6.62. The van der Waals surface area contributed by atoms with Gasteiger partial charge in [0.15, 0.2) is 11.5 Å². The van der Waals surface area contributed by atoms with Crippen molar-refractivity contribution in [3.8, 4) is 5.75 Å². The minimum Gasteiger partial charge on any atom is -0.491 e. The summed E-state index contributed by atoms with van der Waals surface area (Å²) in [4.78, 5) is 28.0. The fraction of sp³-hybridized carbons (Fsp3) is 0.684. The predicted molar refractivity (Wildman–Crippen MR) is 92.7 cm³/mol. The van der Waals surface area contributed by atoms with Crippen LogP contribution in [0.15, 0.2) is 4.79 Å². The molecule has 0 aliphatic heterocycles. The summed E-state index contributed by atoms with van der Waals surface area (Å²) in [5.74, 6) is 0.598. The molecule has 1 heterocycles. The molecule has 0 saturated carbocycles. The van der Waals surface area contributed by atoms with Crippen LogP contribution in [0, 0.1) is 6.92 Å². The first-order valence-electron chi connectivity index (χ1n) is 8.94. The van der Waals surface area contributed by atoms with E-state index in [9.17, 15) is 9.59 Å². The number of nitrogens with one attached hydrogen (secondary N) is 1. The number of aromatic amines is 1. The van der Waals surface area contributed by atoms with Crippen molar-refractivity contribution in [2.45, 2.75) is 77.6 Å². The molecule has 23 heavy (non-hydrogen) atoms. The molecule has 0 spiro atoms. The van der Waals surface area contributed by atoms with Crippen molar-refractivity contribution >= 4 is 5.78 Å². The van der Waals surface area contributed by atoms with Gasteiger partial charge in [0.05, 0.1) is 18.5 Å². The van der Waals surface area contributed by atoms with E-state index in [0.717, 1.165) is 19.3 Å². The molecule has 0 saturated heterocycles. The van der Waals surface area contributed by atoms with E-state index in [1.807, 2.05) is 0 Å². The molecule has 2 rings (SSSR count). The number of hydrogen-bond donors (Lipinski definition) is 1. The Morgan fingerprint density at radius 2 is 1.83 bits per heavy atom. The molecule has 0 aromatic carbocycles. The summed E-state index contributed by atoms with van der Waals surface area (Å²) in [6.45, 7) is 4.00. The van der Waals surface area contributed by atoms with Gasteiger partial charge in [0, 0.05) is 12.0 Å². The van der Waals surface area contributed by atoms with E-state index in [-0.39, 0.29) is 17.1 Å². The van der Waals surface area contributed by atoms with Gasteiger partial charge in [0.1, 0.15) is 0 Å². The quantitative estimate of drug-likeness (QED) is 0.718. The van der Waals surface area contributed by atoms with Crippen LogP contribution in [0.3, 0.4) is 0 Å². The zero-order chi connectivity index (χ0) is 16.8. The van der Waals surface area contributed by atoms with Gasteiger partial charge in [-0.2, -0.15) is 0 Å². The molecule has 1 N–H and O–H groups in total. The highest BCUT2D eigenvalue weighted by Gasteiger charge is 2.30. The molecule has 0 bridgehead atoms. The number of carbonyl (C=O) groups excluding carboxylic acids is 1. The number of rotatable bonds is 8. The van der Waals surface area contributed by atoms with E-state index in [2.05, 4.69) is 11.9 Å². The van der Waals surface area contributed by atoms with Crippen LogP contribution in [0.25, 0.3) is 0 Å². The lowest BCUT2D eigenvalue weighted by Crippen LogP contribution is -2.27. The van der Waals surface area contributed by atoms with Gasteiger partial charge in [0.25, 0.3) is 0 Å². The number of ketones is 1. The number of Topliss-reactive ketones (excluding diaryl/α,β-unsaturated/α-hetero) is 1. The summed E-state index contributed by atoms with van der Waals surface area (Å²) >= 11 is 0. The summed E-state index contributed by atoms with van der Waals surface area (Å²) in [5, 5.41) is 0. The van der Waals surface area contributed by atoms with E-state index in [4.69, 9.17) is 4.74 Å². The van der Waals surface area contributed by atoms with Crippen molar-refractivity contribution < 1.29 is 9.53 Å². The molecule has 0 amide bonds. The van der Waals surface area contributed by atoms with Crippen molar-refractivity contribution in [1.29, 1.82) is 0 Å². The molecular formula is C19H29NO3. The lowest BCUT2D eigenvalue weighted by atomic mass is 9.81. The van der Waals surface area contributed by atoms with Crippen molar-refractivity contribution in [1.82, 2.24) is 4.98 Å². The molecule has 1 atom stereocenters. The number of unbranched alkanes of at least 4 members (excludes halogenated alkanes) is 5. The first-order valence-corrected chi connectivity index (χ1v) is 8.94. The second-order valence-corrected chi connectivity index (χ2v) is 6.62. The highest BCUT2D eigenvalue weighted by molar-refractivity contribution is 5.97. The predicted octanol–water partition coefficient (Wildman–Crippen LogP) is 4.50. The van der Waals surface area contributed by atoms with Crippen molar-refractivity contribution in [3.05, 3.63) is 27.2 Å². The summed E-state index contributed by atoms with van der Waals surface area (Å²) in [6, 6.07) is 0. The lowest BCUT2D eigenvalue weighted by Gasteiger charge is -2.25. The first-order chi connectivity index (χ1) is 11.1. The Bertz CT molecular complexity index is 603. The summed E-state index contributed by atoms with van der Waals surface area (Å²) in [6.07, 6.45) is 9.76. The van der Waals surface area contributed by atoms with Crippen LogP contribution in [0.2, 0.25) is 0 Å². The van der Waals surface area contributed by atoms with Crippen LogP contribution < -0.4 is 10.2 Å². The van der Waals surface area contributed by atoms with E-state index in [0.29, 0.717) is 29.1 Å². The molecule has 4 nitrogen and oxygen atoms in total. The van der Waals surface area contributed by atoms with Crippen LogP contribution in [0.1, 0.15) is 92.4 Å². The van der Waals surface area contributed by atoms with E-state index >= 15 is 0 Å². The third-order valence-corrected chi connectivity index (χ3v) is 4.89. The van der Waals surface area contributed by atoms with Crippen molar-refractivity contribution in [2.24, 2.45) is 0 Å². The number of methoxy groups -OCH3 is 1. The molecule has 1 aromatic heterocycles. The van der Waals surface area contributed by atoms with Gasteiger partial charge in [-0.3, -0.25) is 9.59 Å². The number of pyridine rings is 1. The molecule has 1 aromatic rings. The lowest BCUT2D eigenvalue weighted by molar-refractivity contribution is 0.0959. The molecule has 0 unspecified atom stereocenters. The van der Waals surface area contributed by atoms with E-state index in [1.165, 1.54) is 39.2 Å². The number of ether oxygens (including phenoxy) is 1. The van der Waals surface area contributed by atoms with Crippen molar-refractivity contribution in [2.75, 3.05) is 7.11 Å². The van der Waals surface area contributed by atoms with Gasteiger partial charge in [0.2, 0.25) is 5.43 Å². The standard InChI is InChI=1S/C19H29NO3/c1-4-5-6-7-8-9-10-14-11-12-15(21)17-16(14)18(22)19(23-3)13(2)20-17/h14H,4-12H2,1-3H3,(H,20,22)/t14-/m0/s1. The van der Waals surface area contributed by atoms with Crippen LogP contribution in [-0.2, 0) is 0 Å². The van der Waals surface area contributed by atoms with E-state index in [1.54, 1.807) is 6.92 Å². The maximum absolute atomic E-state index is 12.7. The zero-order valence-electron chi connectivity index (χ0n) is 14.7. The number of H-pyrrole nitrogens is 1. The fourth-order valence-electron chi connectivity index (χ4n) is 3.61. The highest BCUT2D eigenvalue weighted by atomic mass is 16.5. The monoisotopic (exact) mass is 319 g/mol. The Morgan fingerprint density at radius 1 is 1.13 bits per heavy atom. The average molecular weight is 319 g/mol. The van der Waals surface area contributed by atoms with Gasteiger partial charge < -0.3 is 9.72 Å². The van der Waals surface area contributed by atoms with Gasteiger partial charge in [-0.15, -0.1) is 0 Å². The largest absolute Gasteiger partial charge is 0.491 e. The molecule has 1 aliphatic rings. The Morgan fingerprint density at radius 3 is 2.52 bits per heavy atom. The zero-order valence-corrected chi connectivity index (χ0v) is 14.7. The van der Waals surface area contributed by atoms with Crippen LogP contribution in [-0.4, -0.2) is 17.9 Å². The Hall–Kier alpha value is -1.58. The maximum atomic E-state index is 12.7. The number of fused-ring (bicyclic) bond motifs is 1. The molecule has 128 valence electrons. The highest BCUT2D eigenvalue weighted by Crippen LogP contribution is 2.34. The van der Waals surface area contributed by atoms with Gasteiger partial charge in [-0.1, -0.05) is 45.4 Å². The second kappa shape index (κ2) is 8.32. The van der Waals surface area contributed by atoms with Crippen LogP contribution in [0.5, 0.6) is 5.75 Å². The third-order valence-electron chi connectivity index (χ3n) is 4.89. The average Bonchev–Trinajstić information content (AvgIpc) is 2.53. The number of aryl methyl sites for hydroxylation is 1. The summed E-state index contributed by atoms with van der Waals surface area (Å²) in [5.41, 5.74) is 1.74. The SMILES string of the molecule is CCCCCCCC[C@H]1CCC(=O)c2[nH]c(C)c(OC)c(=O)c21. The number of aromatic nitrogens is 1. The van der Waals surface area contributed by atoms with Crippen LogP contribution in [0.4, 0.5) is 0 Å². The summed E-state index contributed by atoms with van der Waals surface area (Å²) < 4.78 is 5.24. The Kier molecular flexibility index (Phi) is 6.43. The first kappa shape index (κ1) is 17.8. The Labute approximate surface area is 138 Å². The summed E-state index contributed by atoms with van der Waals surface area (Å²) in [7, 11) is 1.51. The third kappa shape index (κ3) is 4.04. The molecule has 1 aliphatic carbocycles. The van der Waals surface area contributed by atoms with Gasteiger partial charge >= 0.3 is 0 Å². The smallest absolute Gasteiger partial charge is 0.227 e. The molecular weight excluding hydrogens is 290 g/mol. The number of hydrogen-bond acceptors (Lipinski definition) is 3.